The van der Waals surface area contributed by atoms with E-state index in [1.165, 1.54) is 29.5 Å². The number of rotatable bonds is 5. The van der Waals surface area contributed by atoms with Crippen LogP contribution in [0.2, 0.25) is 5.02 Å². The quantitative estimate of drug-likeness (QED) is 0.507. The summed E-state index contributed by atoms with van der Waals surface area (Å²) < 4.78 is 41.0. The number of aliphatic hydroxyl groups is 1. The van der Waals surface area contributed by atoms with Crippen LogP contribution in [-0.2, 0) is 0 Å². The first kappa shape index (κ1) is 22.6. The summed E-state index contributed by atoms with van der Waals surface area (Å²) >= 11 is 7.74. The second-order valence-electron chi connectivity index (χ2n) is 7.98. The molecule has 2 aromatic heterocycles. The first-order chi connectivity index (χ1) is 16.3. The van der Waals surface area contributed by atoms with Gasteiger partial charge in [-0.3, -0.25) is 4.99 Å². The minimum Gasteiger partial charge on any atom is -0.380 e. The second-order valence-corrected chi connectivity index (χ2v) is 9.28. The van der Waals surface area contributed by atoms with Crippen LogP contribution in [0, 0.1) is 12.4 Å². The molecule has 0 bridgehead atoms. The Morgan fingerprint density at radius 3 is 2.82 bits per heavy atom. The Morgan fingerprint density at radius 1 is 1.35 bits per heavy atom. The highest BCUT2D eigenvalue weighted by Crippen LogP contribution is 2.48. The monoisotopic (exact) mass is 504 g/mol. The van der Waals surface area contributed by atoms with Gasteiger partial charge in [-0.15, -0.1) is 11.3 Å². The van der Waals surface area contributed by atoms with E-state index in [1.54, 1.807) is 16.5 Å². The van der Waals surface area contributed by atoms with Gasteiger partial charge in [0.25, 0.3) is 0 Å². The molecule has 174 valence electrons. The van der Waals surface area contributed by atoms with Crippen molar-refractivity contribution in [1.29, 1.82) is 0 Å². The lowest BCUT2D eigenvalue weighted by Crippen LogP contribution is -2.39. The Balaban J connectivity index is 1.76. The SMILES string of the molecule is [C-]#[N+]CC1(O)CC2=C(c3ccn(C(F)F)n3)[C@H](c3ccc(F)cc3Cl)N=C(c3nccs3)N2C1. The molecular weight excluding hydrogens is 489 g/mol. The van der Waals surface area contributed by atoms with Crippen LogP contribution in [0.3, 0.4) is 0 Å². The van der Waals surface area contributed by atoms with Gasteiger partial charge in [-0.1, -0.05) is 17.7 Å². The number of thiazole rings is 1. The van der Waals surface area contributed by atoms with Gasteiger partial charge in [0, 0.05) is 46.1 Å². The highest BCUT2D eigenvalue weighted by atomic mass is 35.5. The molecule has 5 rings (SSSR count). The van der Waals surface area contributed by atoms with Crippen molar-refractivity contribution in [2.45, 2.75) is 24.6 Å². The molecule has 4 heterocycles. The number of amidine groups is 1. The van der Waals surface area contributed by atoms with Crippen molar-refractivity contribution < 1.29 is 18.3 Å². The molecule has 0 saturated carbocycles. The predicted molar refractivity (Wildman–Crippen MR) is 121 cm³/mol. The molecule has 7 nitrogen and oxygen atoms in total. The summed E-state index contributed by atoms with van der Waals surface area (Å²) in [5, 5.41) is 17.7. The van der Waals surface area contributed by atoms with Crippen LogP contribution in [0.4, 0.5) is 13.2 Å². The smallest absolute Gasteiger partial charge is 0.333 e. The molecule has 1 N–H and O–H groups in total. The Labute approximate surface area is 201 Å². The zero-order valence-electron chi connectivity index (χ0n) is 17.4. The molecule has 2 atom stereocenters. The molecule has 1 unspecified atom stereocenters. The van der Waals surface area contributed by atoms with E-state index in [0.717, 1.165) is 12.3 Å². The Kier molecular flexibility index (Phi) is 5.67. The molecule has 1 fully saturated rings. The first-order valence-corrected chi connectivity index (χ1v) is 11.4. The number of hydrogen-bond donors (Lipinski definition) is 1. The van der Waals surface area contributed by atoms with E-state index in [9.17, 15) is 18.3 Å². The summed E-state index contributed by atoms with van der Waals surface area (Å²) in [6, 6.07) is 4.51. The molecule has 0 spiro atoms. The standard InChI is InChI=1S/C22H16ClF3N6OS/c1-27-10-22(33)9-16-17(15-4-6-32(30-15)21(25)26)18(13-3-2-12(24)8-14(13)23)29-19(31(16)11-22)20-28-5-7-34-20/h2-8,18,21,33H,9-11H2/t18-,22?/m0/s1. The van der Waals surface area contributed by atoms with E-state index in [0.29, 0.717) is 32.4 Å². The number of nitrogens with zero attached hydrogens (tertiary/aromatic N) is 6. The van der Waals surface area contributed by atoms with Gasteiger partial charge in [-0.05, 0) is 18.2 Å². The maximum Gasteiger partial charge on any atom is 0.333 e. The number of benzene rings is 1. The van der Waals surface area contributed by atoms with Crippen LogP contribution >= 0.6 is 22.9 Å². The normalized spacial score (nSPS) is 22.2. The van der Waals surface area contributed by atoms with E-state index < -0.39 is 24.0 Å². The highest BCUT2D eigenvalue weighted by molar-refractivity contribution is 7.11. The average molecular weight is 505 g/mol. The van der Waals surface area contributed by atoms with Crippen molar-refractivity contribution in [2.75, 3.05) is 13.1 Å². The number of hydrogen-bond acceptors (Lipinski definition) is 6. The molecule has 1 saturated heterocycles. The number of halogens is 4. The molecule has 2 aliphatic rings. The summed E-state index contributed by atoms with van der Waals surface area (Å²) in [7, 11) is 0. The number of aromatic nitrogens is 3. The first-order valence-electron chi connectivity index (χ1n) is 10.1. The Morgan fingerprint density at radius 2 is 2.18 bits per heavy atom. The fourth-order valence-corrected chi connectivity index (χ4v) is 5.21. The van der Waals surface area contributed by atoms with Gasteiger partial charge < -0.3 is 14.9 Å². The van der Waals surface area contributed by atoms with Crippen LogP contribution < -0.4 is 0 Å². The second kappa shape index (κ2) is 8.54. The molecule has 2 aliphatic heterocycles. The van der Waals surface area contributed by atoms with Gasteiger partial charge in [-0.2, -0.15) is 13.9 Å². The summed E-state index contributed by atoms with van der Waals surface area (Å²) in [6.45, 7) is 4.35. The summed E-state index contributed by atoms with van der Waals surface area (Å²) in [6.07, 6.45) is 2.85. The van der Waals surface area contributed by atoms with Crippen molar-refractivity contribution in [3.05, 3.63) is 86.3 Å². The molecule has 0 radical (unpaired) electrons. The van der Waals surface area contributed by atoms with E-state index in [4.69, 9.17) is 23.2 Å². The fourth-order valence-electron chi connectivity index (χ4n) is 4.29. The maximum absolute atomic E-state index is 13.8. The van der Waals surface area contributed by atoms with E-state index >= 15 is 0 Å². The third kappa shape index (κ3) is 3.87. The fraction of sp³-hybridized carbons (Fsp3) is 0.273. The Hall–Kier alpha value is -3.20. The van der Waals surface area contributed by atoms with E-state index in [2.05, 4.69) is 14.9 Å². The zero-order chi connectivity index (χ0) is 24.0. The average Bonchev–Trinajstić information content (AvgIpc) is 3.53. The Bertz CT molecular complexity index is 1350. The van der Waals surface area contributed by atoms with Crippen molar-refractivity contribution >= 4 is 34.3 Å². The molecule has 3 aromatic rings. The predicted octanol–water partition coefficient (Wildman–Crippen LogP) is 4.80. The van der Waals surface area contributed by atoms with Gasteiger partial charge in [0.15, 0.2) is 16.4 Å². The van der Waals surface area contributed by atoms with E-state index in [-0.39, 0.29) is 30.2 Å². The van der Waals surface area contributed by atoms with Gasteiger partial charge in [0.05, 0.1) is 12.2 Å². The maximum atomic E-state index is 13.8. The molecular formula is C22H16ClF3N6OS. The third-order valence-electron chi connectivity index (χ3n) is 5.70. The minimum atomic E-state index is -2.84. The van der Waals surface area contributed by atoms with E-state index in [1.807, 2.05) is 0 Å². The topological polar surface area (TPSA) is 70.9 Å². The van der Waals surface area contributed by atoms with Crippen molar-refractivity contribution in [2.24, 2.45) is 4.99 Å². The summed E-state index contributed by atoms with van der Waals surface area (Å²) in [5.41, 5.74) is 0.323. The van der Waals surface area contributed by atoms with Crippen LogP contribution in [0.15, 0.2) is 52.7 Å². The largest absolute Gasteiger partial charge is 0.380 e. The molecule has 12 heteroatoms. The molecule has 0 amide bonds. The van der Waals surface area contributed by atoms with Crippen molar-refractivity contribution in [1.82, 2.24) is 19.7 Å². The van der Waals surface area contributed by atoms with Gasteiger partial charge >= 0.3 is 6.55 Å². The third-order valence-corrected chi connectivity index (χ3v) is 6.80. The number of aliphatic imine (C=N–C) groups is 1. The number of fused-ring (bicyclic) bond motifs is 1. The van der Waals surface area contributed by atoms with Gasteiger partial charge in [0.2, 0.25) is 6.54 Å². The van der Waals surface area contributed by atoms with Crippen LogP contribution in [0.25, 0.3) is 10.4 Å². The van der Waals surface area contributed by atoms with Crippen LogP contribution in [0.5, 0.6) is 0 Å². The minimum absolute atomic E-state index is 0.0754. The number of alkyl halides is 2. The zero-order valence-corrected chi connectivity index (χ0v) is 18.9. The van der Waals surface area contributed by atoms with Crippen molar-refractivity contribution in [3.8, 4) is 0 Å². The van der Waals surface area contributed by atoms with Gasteiger partial charge in [0.1, 0.15) is 11.9 Å². The molecule has 0 aliphatic carbocycles. The highest BCUT2D eigenvalue weighted by Gasteiger charge is 2.48. The summed E-state index contributed by atoms with van der Waals surface area (Å²) in [5.74, 6) is -0.0767. The molecule has 34 heavy (non-hydrogen) atoms. The lowest BCUT2D eigenvalue weighted by Gasteiger charge is -2.32. The lowest BCUT2D eigenvalue weighted by molar-refractivity contribution is 0.0564. The van der Waals surface area contributed by atoms with Gasteiger partial charge in [-0.25, -0.2) is 20.6 Å². The summed E-state index contributed by atoms with van der Waals surface area (Å²) in [4.78, 5) is 14.4. The van der Waals surface area contributed by atoms with Crippen LogP contribution in [-0.4, -0.2) is 49.3 Å². The van der Waals surface area contributed by atoms with Crippen LogP contribution in [0.1, 0.15) is 35.3 Å². The van der Waals surface area contributed by atoms with Crippen molar-refractivity contribution in [3.63, 3.8) is 0 Å². The lowest BCUT2D eigenvalue weighted by atomic mass is 9.91. The molecule has 1 aromatic carbocycles.